The van der Waals surface area contributed by atoms with Crippen LogP contribution in [0.15, 0.2) is 0 Å². The molecule has 0 spiro atoms. The van der Waals surface area contributed by atoms with Gasteiger partial charge in [-0.25, -0.2) is 0 Å². The number of carbonyl (C=O) groups excluding carboxylic acids is 2. The highest BCUT2D eigenvalue weighted by atomic mass is 35.5. The fourth-order valence-corrected chi connectivity index (χ4v) is 4.91. The predicted octanol–water partition coefficient (Wildman–Crippen LogP) is 8.17. The van der Waals surface area contributed by atoms with Crippen LogP contribution in [-0.4, -0.2) is 56.1 Å². The normalized spacial score (nSPS) is 12.2. The lowest BCUT2D eigenvalue weighted by Gasteiger charge is -2.25. The summed E-state index contributed by atoms with van der Waals surface area (Å²) in [6.07, 6.45) is 20.0. The van der Waals surface area contributed by atoms with Gasteiger partial charge in [-0.1, -0.05) is 111 Å². The molecule has 0 heterocycles. The van der Waals surface area contributed by atoms with Crippen molar-refractivity contribution < 1.29 is 19.1 Å². The third kappa shape index (κ3) is 19.3. The molecular weight excluding hydrogens is 474 g/mol. The van der Waals surface area contributed by atoms with E-state index in [1.807, 2.05) is 6.92 Å². The van der Waals surface area contributed by atoms with Crippen LogP contribution in [0, 0.1) is 11.8 Å². The summed E-state index contributed by atoms with van der Waals surface area (Å²) in [6, 6.07) is 0. The van der Waals surface area contributed by atoms with Crippen LogP contribution in [0.4, 0.5) is 0 Å². The molecule has 0 bridgehead atoms. The van der Waals surface area contributed by atoms with Gasteiger partial charge < -0.3 is 14.4 Å². The van der Waals surface area contributed by atoms with E-state index in [2.05, 4.69) is 13.8 Å². The Morgan fingerprint density at radius 2 is 1.19 bits per heavy atom. The highest BCUT2D eigenvalue weighted by Crippen LogP contribution is 2.21. The van der Waals surface area contributed by atoms with Crippen LogP contribution < -0.4 is 0 Å². The first-order valence-electron chi connectivity index (χ1n) is 15.0. The molecular formula is C30H58ClNO4. The maximum atomic E-state index is 13.0. The zero-order valence-electron chi connectivity index (χ0n) is 24.2. The Labute approximate surface area is 228 Å². The van der Waals surface area contributed by atoms with Gasteiger partial charge in [0.2, 0.25) is 5.91 Å². The van der Waals surface area contributed by atoms with E-state index >= 15 is 0 Å². The molecule has 1 unspecified atom stereocenters. The summed E-state index contributed by atoms with van der Waals surface area (Å²) in [7, 11) is 1.63. The van der Waals surface area contributed by atoms with Gasteiger partial charge in [0.05, 0.1) is 19.1 Å². The van der Waals surface area contributed by atoms with Crippen LogP contribution in [0.2, 0.25) is 0 Å². The minimum atomic E-state index is -0.141. The number of halogens is 1. The number of carbonyl (C=O) groups is 2. The van der Waals surface area contributed by atoms with Crippen LogP contribution >= 0.6 is 11.6 Å². The molecule has 0 saturated carbocycles. The summed E-state index contributed by atoms with van der Waals surface area (Å²) < 4.78 is 10.9. The molecule has 0 aromatic heterocycles. The van der Waals surface area contributed by atoms with Gasteiger partial charge in [0.1, 0.15) is 6.61 Å². The van der Waals surface area contributed by atoms with E-state index in [1.165, 1.54) is 77.0 Å². The minimum Gasteiger partial charge on any atom is -0.464 e. The molecule has 214 valence electrons. The molecule has 0 saturated heterocycles. The van der Waals surface area contributed by atoms with Crippen molar-refractivity contribution >= 4 is 23.5 Å². The fraction of sp³-hybridized carbons (Fsp3) is 0.933. The van der Waals surface area contributed by atoms with Crippen LogP contribution in [0.1, 0.15) is 130 Å². The van der Waals surface area contributed by atoms with Crippen LogP contribution in [0.5, 0.6) is 0 Å². The predicted molar refractivity (Wildman–Crippen MR) is 153 cm³/mol. The van der Waals surface area contributed by atoms with Gasteiger partial charge in [-0.15, -0.1) is 11.6 Å². The van der Waals surface area contributed by atoms with Crippen LogP contribution in [0.3, 0.4) is 0 Å². The Bertz CT molecular complexity index is 499. The number of hydrogen-bond acceptors (Lipinski definition) is 4. The molecule has 0 radical (unpaired) electrons. The molecule has 0 aromatic carbocycles. The van der Waals surface area contributed by atoms with Gasteiger partial charge in [-0.2, -0.15) is 0 Å². The van der Waals surface area contributed by atoms with Gasteiger partial charge in [0.15, 0.2) is 0 Å². The maximum absolute atomic E-state index is 13.0. The van der Waals surface area contributed by atoms with Gasteiger partial charge in [-0.3, -0.25) is 9.59 Å². The zero-order valence-corrected chi connectivity index (χ0v) is 24.9. The van der Waals surface area contributed by atoms with E-state index in [0.717, 1.165) is 25.7 Å². The summed E-state index contributed by atoms with van der Waals surface area (Å²) >= 11 is 5.83. The highest BCUT2D eigenvalue weighted by molar-refractivity contribution is 6.18. The second kappa shape index (κ2) is 25.8. The lowest BCUT2D eigenvalue weighted by Crippen LogP contribution is -2.40. The van der Waals surface area contributed by atoms with Crippen LogP contribution in [0.25, 0.3) is 0 Å². The number of nitrogens with zero attached hydrogens (tertiary/aromatic N) is 1. The van der Waals surface area contributed by atoms with E-state index in [9.17, 15) is 9.59 Å². The van der Waals surface area contributed by atoms with Gasteiger partial charge in [0, 0.05) is 25.5 Å². The number of amides is 1. The molecule has 1 atom stereocenters. The van der Waals surface area contributed by atoms with E-state index < -0.39 is 0 Å². The average Bonchev–Trinajstić information content (AvgIpc) is 2.87. The number of hydrogen-bond donors (Lipinski definition) is 0. The number of unbranched alkanes of at least 4 members (excludes halogenated alkanes) is 12. The molecule has 36 heavy (non-hydrogen) atoms. The van der Waals surface area contributed by atoms with Gasteiger partial charge >= 0.3 is 5.97 Å². The number of methoxy groups -OCH3 is 1. The van der Waals surface area contributed by atoms with Crippen molar-refractivity contribution in [3.05, 3.63) is 0 Å². The van der Waals surface area contributed by atoms with Crippen molar-refractivity contribution in [2.45, 2.75) is 130 Å². The maximum Gasteiger partial charge on any atom is 0.308 e. The summed E-state index contributed by atoms with van der Waals surface area (Å²) in [5.41, 5.74) is 0. The molecule has 0 aromatic rings. The van der Waals surface area contributed by atoms with Crippen molar-refractivity contribution in [1.29, 1.82) is 0 Å². The summed E-state index contributed by atoms with van der Waals surface area (Å²) in [5.74, 6) is 0.261. The molecule has 0 aliphatic rings. The second-order valence-corrected chi connectivity index (χ2v) is 10.8. The highest BCUT2D eigenvalue weighted by Gasteiger charge is 2.22. The van der Waals surface area contributed by atoms with Gasteiger partial charge in [0.25, 0.3) is 0 Å². The summed E-state index contributed by atoms with van der Waals surface area (Å²) in [6.45, 7) is 8.00. The lowest BCUT2D eigenvalue weighted by atomic mass is 9.94. The number of ether oxygens (including phenoxy) is 2. The Kier molecular flexibility index (Phi) is 25.2. The molecule has 0 rings (SSSR count). The Hall–Kier alpha value is -0.810. The first-order chi connectivity index (χ1) is 17.5. The van der Waals surface area contributed by atoms with Crippen molar-refractivity contribution in [2.24, 2.45) is 11.8 Å². The Balaban J connectivity index is 4.64. The van der Waals surface area contributed by atoms with Crippen molar-refractivity contribution in [3.63, 3.8) is 0 Å². The molecule has 0 aliphatic carbocycles. The SMILES string of the molecule is CCCCCCCCCC(CCCCCCCCC)C(=O)OCCN(CCOC)C(=O)C(C)CCCl. The van der Waals surface area contributed by atoms with Crippen molar-refractivity contribution in [3.8, 4) is 0 Å². The summed E-state index contributed by atoms with van der Waals surface area (Å²) in [4.78, 5) is 27.5. The molecule has 5 nitrogen and oxygen atoms in total. The standard InChI is InChI=1S/C30H58ClNO4/c1-5-7-9-11-13-15-17-19-28(20-18-16-14-12-10-8-6-2)30(34)36-26-24-32(23-25-35-4)29(33)27(3)21-22-31/h27-28H,5-26H2,1-4H3. The number of alkyl halides is 1. The van der Waals surface area contributed by atoms with E-state index in [0.29, 0.717) is 32.0 Å². The Morgan fingerprint density at radius 3 is 1.67 bits per heavy atom. The quantitative estimate of drug-likeness (QED) is 0.0641. The van der Waals surface area contributed by atoms with E-state index in [-0.39, 0.29) is 30.3 Å². The van der Waals surface area contributed by atoms with Crippen molar-refractivity contribution in [2.75, 3.05) is 39.3 Å². The zero-order chi connectivity index (χ0) is 26.9. The molecule has 0 fully saturated rings. The number of esters is 1. The second-order valence-electron chi connectivity index (χ2n) is 10.4. The molecule has 6 heteroatoms. The molecule has 0 aliphatic heterocycles. The monoisotopic (exact) mass is 531 g/mol. The third-order valence-electron chi connectivity index (χ3n) is 7.09. The van der Waals surface area contributed by atoms with Crippen molar-refractivity contribution in [1.82, 2.24) is 4.90 Å². The van der Waals surface area contributed by atoms with Gasteiger partial charge in [-0.05, 0) is 19.3 Å². The first kappa shape index (κ1) is 35.2. The minimum absolute atomic E-state index is 0.0189. The third-order valence-corrected chi connectivity index (χ3v) is 7.31. The fourth-order valence-electron chi connectivity index (χ4n) is 4.58. The average molecular weight is 532 g/mol. The smallest absolute Gasteiger partial charge is 0.308 e. The topological polar surface area (TPSA) is 55.8 Å². The Morgan fingerprint density at radius 1 is 0.722 bits per heavy atom. The molecule has 0 N–H and O–H groups in total. The molecule has 1 amide bonds. The number of rotatable bonds is 26. The van der Waals surface area contributed by atoms with Crippen LogP contribution in [-0.2, 0) is 19.1 Å². The first-order valence-corrected chi connectivity index (χ1v) is 15.5. The lowest BCUT2D eigenvalue weighted by molar-refractivity contribution is -0.151. The largest absolute Gasteiger partial charge is 0.464 e. The van der Waals surface area contributed by atoms with E-state index in [1.54, 1.807) is 12.0 Å². The summed E-state index contributed by atoms with van der Waals surface area (Å²) in [5, 5.41) is 0. The van der Waals surface area contributed by atoms with E-state index in [4.69, 9.17) is 21.1 Å².